The van der Waals surface area contributed by atoms with Gasteiger partial charge >= 0.3 is 0 Å². The summed E-state index contributed by atoms with van der Waals surface area (Å²) < 4.78 is 30.9. The second kappa shape index (κ2) is 5.52. The Bertz CT molecular complexity index is 405. The summed E-state index contributed by atoms with van der Waals surface area (Å²) in [7, 11) is -4.05. The van der Waals surface area contributed by atoms with Crippen LogP contribution in [0, 0.1) is 0 Å². The smallest absolute Gasteiger partial charge is 0.269 e. The van der Waals surface area contributed by atoms with Crippen molar-refractivity contribution in [1.29, 1.82) is 0 Å². The van der Waals surface area contributed by atoms with E-state index in [0.717, 1.165) is 25.9 Å². The van der Waals surface area contributed by atoms with Crippen LogP contribution in [0.1, 0.15) is 19.3 Å². The van der Waals surface area contributed by atoms with Gasteiger partial charge in [-0.3, -0.25) is 9.35 Å². The van der Waals surface area contributed by atoms with E-state index < -0.39 is 21.4 Å². The highest BCUT2D eigenvalue weighted by Gasteiger charge is 2.36. The average Bonchev–Trinajstić information content (AvgIpc) is 2.79. The second-order valence-corrected chi connectivity index (χ2v) is 6.56. The molecule has 0 spiro atoms. The summed E-state index contributed by atoms with van der Waals surface area (Å²) in [5.74, 6) is -0.173. The summed E-state index contributed by atoms with van der Waals surface area (Å²) in [6.45, 7) is 1.90. The van der Waals surface area contributed by atoms with Crippen molar-refractivity contribution in [3.05, 3.63) is 0 Å². The number of carbonyl (C=O) groups is 1. The molecular formula is C10H19N3O4S. The van der Waals surface area contributed by atoms with Crippen molar-refractivity contribution in [2.45, 2.75) is 36.6 Å². The molecule has 0 saturated carbocycles. The van der Waals surface area contributed by atoms with E-state index in [0.29, 0.717) is 0 Å². The lowest BCUT2D eigenvalue weighted by molar-refractivity contribution is -0.123. The molecule has 2 atom stereocenters. The van der Waals surface area contributed by atoms with Gasteiger partial charge in [-0.25, -0.2) is 0 Å². The molecule has 0 unspecified atom stereocenters. The Kier molecular flexibility index (Phi) is 4.21. The molecule has 0 radical (unpaired) electrons. The third-order valence-corrected chi connectivity index (χ3v) is 4.72. The highest BCUT2D eigenvalue weighted by Crippen LogP contribution is 2.14. The van der Waals surface area contributed by atoms with Crippen LogP contribution in [0.25, 0.3) is 0 Å². The van der Waals surface area contributed by atoms with E-state index in [2.05, 4.69) is 16.0 Å². The Labute approximate surface area is 106 Å². The molecule has 18 heavy (non-hydrogen) atoms. The molecule has 0 aromatic carbocycles. The summed E-state index contributed by atoms with van der Waals surface area (Å²) in [5, 5.41) is 8.08. The number of carbonyl (C=O) groups excluding carboxylic acids is 1. The SMILES string of the molecule is O=C(NC1CCNCC1)[C@@H]1C[C@H](S(=O)(=O)O)CN1. The molecule has 2 saturated heterocycles. The predicted molar refractivity (Wildman–Crippen MR) is 65.8 cm³/mol. The predicted octanol–water partition coefficient (Wildman–Crippen LogP) is -1.53. The highest BCUT2D eigenvalue weighted by molar-refractivity contribution is 7.86. The van der Waals surface area contributed by atoms with Crippen molar-refractivity contribution < 1.29 is 17.8 Å². The Morgan fingerprint density at radius 1 is 1.28 bits per heavy atom. The minimum atomic E-state index is -4.05. The van der Waals surface area contributed by atoms with E-state index in [1.54, 1.807) is 0 Å². The summed E-state index contributed by atoms with van der Waals surface area (Å²) in [6.07, 6.45) is 1.91. The summed E-state index contributed by atoms with van der Waals surface area (Å²) in [6, 6.07) is -0.364. The normalized spacial score (nSPS) is 30.3. The van der Waals surface area contributed by atoms with E-state index in [9.17, 15) is 13.2 Å². The molecule has 8 heteroatoms. The largest absolute Gasteiger partial charge is 0.352 e. The fourth-order valence-electron chi connectivity index (χ4n) is 2.40. The van der Waals surface area contributed by atoms with Crippen molar-refractivity contribution >= 4 is 16.0 Å². The number of piperidine rings is 1. The first kappa shape index (κ1) is 13.7. The maximum Gasteiger partial charge on any atom is 0.269 e. The lowest BCUT2D eigenvalue weighted by Gasteiger charge is -2.25. The third-order valence-electron chi connectivity index (χ3n) is 3.51. The van der Waals surface area contributed by atoms with Gasteiger partial charge in [0.05, 0.1) is 6.04 Å². The number of amides is 1. The Hall–Kier alpha value is -0.700. The molecule has 0 aromatic rings. The lowest BCUT2D eigenvalue weighted by atomic mass is 10.1. The van der Waals surface area contributed by atoms with Crippen LogP contribution in [-0.4, -0.2) is 55.8 Å². The van der Waals surface area contributed by atoms with Crippen LogP contribution in [-0.2, 0) is 14.9 Å². The van der Waals surface area contributed by atoms with Gasteiger partial charge in [0.25, 0.3) is 10.1 Å². The van der Waals surface area contributed by atoms with Crippen LogP contribution in [0.3, 0.4) is 0 Å². The van der Waals surface area contributed by atoms with Crippen LogP contribution < -0.4 is 16.0 Å². The Morgan fingerprint density at radius 3 is 2.50 bits per heavy atom. The molecule has 4 N–H and O–H groups in total. The number of rotatable bonds is 3. The number of hydrogen-bond donors (Lipinski definition) is 4. The molecular weight excluding hydrogens is 258 g/mol. The molecule has 0 bridgehead atoms. The van der Waals surface area contributed by atoms with E-state index in [1.807, 2.05) is 0 Å². The van der Waals surface area contributed by atoms with Gasteiger partial charge in [0, 0.05) is 12.6 Å². The van der Waals surface area contributed by atoms with E-state index >= 15 is 0 Å². The second-order valence-electron chi connectivity index (χ2n) is 4.87. The van der Waals surface area contributed by atoms with Crippen LogP contribution in [0.15, 0.2) is 0 Å². The summed E-state index contributed by atoms with van der Waals surface area (Å²) in [5.41, 5.74) is 0. The van der Waals surface area contributed by atoms with E-state index in [4.69, 9.17) is 4.55 Å². The van der Waals surface area contributed by atoms with Crippen LogP contribution >= 0.6 is 0 Å². The molecule has 2 fully saturated rings. The van der Waals surface area contributed by atoms with Crippen molar-refractivity contribution in [2.75, 3.05) is 19.6 Å². The first-order valence-corrected chi connectivity index (χ1v) is 7.68. The van der Waals surface area contributed by atoms with Crippen LogP contribution in [0.5, 0.6) is 0 Å². The van der Waals surface area contributed by atoms with E-state index in [-0.39, 0.29) is 24.9 Å². The summed E-state index contributed by atoms with van der Waals surface area (Å²) >= 11 is 0. The molecule has 2 heterocycles. The maximum absolute atomic E-state index is 11.9. The van der Waals surface area contributed by atoms with Gasteiger partial charge in [0.2, 0.25) is 5.91 Å². The molecule has 7 nitrogen and oxygen atoms in total. The zero-order valence-corrected chi connectivity index (χ0v) is 10.9. The maximum atomic E-state index is 11.9. The van der Waals surface area contributed by atoms with Gasteiger partial charge in [0.1, 0.15) is 5.25 Å². The van der Waals surface area contributed by atoms with Gasteiger partial charge in [-0.2, -0.15) is 8.42 Å². The Morgan fingerprint density at radius 2 is 1.94 bits per heavy atom. The average molecular weight is 277 g/mol. The van der Waals surface area contributed by atoms with Crippen molar-refractivity contribution in [3.63, 3.8) is 0 Å². The fraction of sp³-hybridized carbons (Fsp3) is 0.900. The molecule has 2 aliphatic rings. The number of nitrogens with one attached hydrogen (secondary N) is 3. The van der Waals surface area contributed by atoms with Gasteiger partial charge in [-0.05, 0) is 32.4 Å². The lowest BCUT2D eigenvalue weighted by Crippen LogP contribution is -2.48. The zero-order chi connectivity index (χ0) is 13.2. The van der Waals surface area contributed by atoms with Gasteiger partial charge in [0.15, 0.2) is 0 Å². The zero-order valence-electron chi connectivity index (χ0n) is 10.1. The van der Waals surface area contributed by atoms with Crippen molar-refractivity contribution in [1.82, 2.24) is 16.0 Å². The topological polar surface area (TPSA) is 108 Å². The van der Waals surface area contributed by atoms with Gasteiger partial charge in [-0.15, -0.1) is 0 Å². The van der Waals surface area contributed by atoms with Crippen LogP contribution in [0.2, 0.25) is 0 Å². The monoisotopic (exact) mass is 277 g/mol. The Balaban J connectivity index is 1.83. The molecule has 0 aromatic heterocycles. The molecule has 2 aliphatic heterocycles. The highest BCUT2D eigenvalue weighted by atomic mass is 32.2. The standard InChI is InChI=1S/C10H19N3O4S/c14-10(13-7-1-3-11-4-2-7)9-5-8(6-12-9)18(15,16)17/h7-9,11-12H,1-6H2,(H,13,14)(H,15,16,17)/t8-,9-/m0/s1. The first-order chi connectivity index (χ1) is 8.47. The fourth-order valence-corrected chi connectivity index (χ4v) is 3.14. The number of hydrogen-bond acceptors (Lipinski definition) is 5. The third kappa shape index (κ3) is 3.41. The quantitative estimate of drug-likeness (QED) is 0.466. The molecule has 1 amide bonds. The minimum absolute atomic E-state index is 0.128. The first-order valence-electron chi connectivity index (χ1n) is 6.17. The molecule has 2 rings (SSSR count). The molecule has 104 valence electrons. The van der Waals surface area contributed by atoms with Gasteiger partial charge < -0.3 is 16.0 Å². The summed E-state index contributed by atoms with van der Waals surface area (Å²) in [4.78, 5) is 11.9. The van der Waals surface area contributed by atoms with Crippen molar-refractivity contribution in [2.24, 2.45) is 0 Å². The van der Waals surface area contributed by atoms with E-state index in [1.165, 1.54) is 0 Å². The van der Waals surface area contributed by atoms with Gasteiger partial charge in [-0.1, -0.05) is 0 Å². The van der Waals surface area contributed by atoms with Crippen molar-refractivity contribution in [3.8, 4) is 0 Å². The minimum Gasteiger partial charge on any atom is -0.352 e. The van der Waals surface area contributed by atoms with Crippen LogP contribution in [0.4, 0.5) is 0 Å². The molecule has 0 aliphatic carbocycles.